The lowest BCUT2D eigenvalue weighted by Crippen LogP contribution is -2.37. The van der Waals surface area contributed by atoms with Crippen molar-refractivity contribution in [3.8, 4) is 0 Å². The van der Waals surface area contributed by atoms with Crippen LogP contribution in [0.4, 0.5) is 4.79 Å². The Morgan fingerprint density at radius 3 is 2.87 bits per heavy atom. The predicted molar refractivity (Wildman–Crippen MR) is 92.6 cm³/mol. The molecule has 1 aliphatic carbocycles. The molecule has 1 aromatic carbocycles. The fourth-order valence-corrected chi connectivity index (χ4v) is 3.50. The zero-order valence-corrected chi connectivity index (χ0v) is 14.7. The number of rotatable bonds is 5. The van der Waals surface area contributed by atoms with Crippen molar-refractivity contribution in [3.63, 3.8) is 0 Å². The van der Waals surface area contributed by atoms with Gasteiger partial charge in [0, 0.05) is 23.5 Å². The van der Waals surface area contributed by atoms with Crippen molar-refractivity contribution in [2.75, 3.05) is 13.1 Å². The number of nitrogens with zero attached hydrogens (tertiary/aromatic N) is 1. The number of benzene rings is 1. The summed E-state index contributed by atoms with van der Waals surface area (Å²) in [5.41, 5.74) is 0.854. The number of amides is 3. The van der Waals surface area contributed by atoms with Crippen LogP contribution in [0.3, 0.4) is 0 Å². The number of carbonyl (C=O) groups excluding carboxylic acids is 3. The monoisotopic (exact) mass is 394 g/mol. The molecule has 3 amide bonds. The standard InChI is InChI=1S/C16H15BrN2O3S/c17-12-3-1-2-10(8-12)9-13-15(21)19(16(22)23-13)7-6-18-14(20)11-4-5-11/h1-3,8-9,11H,4-7H2,(H,18,20)/b13-9-. The van der Waals surface area contributed by atoms with Crippen molar-refractivity contribution in [2.45, 2.75) is 12.8 Å². The number of hydrogen-bond acceptors (Lipinski definition) is 4. The van der Waals surface area contributed by atoms with Crippen LogP contribution in [-0.4, -0.2) is 35.0 Å². The van der Waals surface area contributed by atoms with Crippen LogP contribution < -0.4 is 5.32 Å². The van der Waals surface area contributed by atoms with Gasteiger partial charge in [0.05, 0.1) is 4.91 Å². The molecule has 2 aliphatic rings. The van der Waals surface area contributed by atoms with Crippen molar-refractivity contribution in [1.82, 2.24) is 10.2 Å². The Labute approximate surface area is 146 Å². The third kappa shape index (κ3) is 4.03. The zero-order valence-electron chi connectivity index (χ0n) is 12.3. The summed E-state index contributed by atoms with van der Waals surface area (Å²) in [6.07, 6.45) is 3.57. The Kier molecular flexibility index (Phi) is 4.87. The summed E-state index contributed by atoms with van der Waals surface area (Å²) in [5.74, 6) is -0.163. The molecule has 1 N–H and O–H groups in total. The SMILES string of the molecule is O=C(NCCN1C(=O)S/C(=C\c2cccc(Br)c2)C1=O)C1CC1. The van der Waals surface area contributed by atoms with Crippen LogP contribution in [0.15, 0.2) is 33.6 Å². The molecule has 0 atom stereocenters. The summed E-state index contributed by atoms with van der Waals surface area (Å²) < 4.78 is 0.910. The van der Waals surface area contributed by atoms with Crippen LogP contribution in [-0.2, 0) is 9.59 Å². The maximum atomic E-state index is 12.3. The minimum Gasteiger partial charge on any atom is -0.354 e. The molecular weight excluding hydrogens is 380 g/mol. The Balaban J connectivity index is 1.61. The molecule has 0 spiro atoms. The van der Waals surface area contributed by atoms with E-state index in [2.05, 4.69) is 21.2 Å². The number of halogens is 1. The van der Waals surface area contributed by atoms with E-state index < -0.39 is 0 Å². The first kappa shape index (κ1) is 16.3. The van der Waals surface area contributed by atoms with Crippen LogP contribution in [0.5, 0.6) is 0 Å². The minimum absolute atomic E-state index is 0.0154. The van der Waals surface area contributed by atoms with E-state index in [-0.39, 0.29) is 29.5 Å². The van der Waals surface area contributed by atoms with Gasteiger partial charge in [-0.15, -0.1) is 0 Å². The third-order valence-electron chi connectivity index (χ3n) is 3.60. The predicted octanol–water partition coefficient (Wildman–Crippen LogP) is 3.01. The van der Waals surface area contributed by atoms with E-state index in [0.717, 1.165) is 34.6 Å². The summed E-state index contributed by atoms with van der Waals surface area (Å²) in [6, 6.07) is 7.51. The summed E-state index contributed by atoms with van der Waals surface area (Å²) in [4.78, 5) is 37.4. The van der Waals surface area contributed by atoms with Crippen molar-refractivity contribution in [2.24, 2.45) is 5.92 Å². The topological polar surface area (TPSA) is 66.5 Å². The van der Waals surface area contributed by atoms with E-state index in [4.69, 9.17) is 0 Å². The van der Waals surface area contributed by atoms with Gasteiger partial charge in [-0.2, -0.15) is 0 Å². The molecule has 1 aliphatic heterocycles. The first-order valence-electron chi connectivity index (χ1n) is 7.33. The summed E-state index contributed by atoms with van der Waals surface area (Å²) >= 11 is 4.31. The number of nitrogens with one attached hydrogen (secondary N) is 1. The van der Waals surface area contributed by atoms with Crippen LogP contribution >= 0.6 is 27.7 Å². The van der Waals surface area contributed by atoms with E-state index in [1.54, 1.807) is 6.08 Å². The fourth-order valence-electron chi connectivity index (χ4n) is 2.22. The molecular formula is C16H15BrN2O3S. The molecule has 0 bridgehead atoms. The van der Waals surface area contributed by atoms with Crippen LogP contribution in [0, 0.1) is 5.92 Å². The molecule has 0 radical (unpaired) electrons. The van der Waals surface area contributed by atoms with E-state index in [1.807, 2.05) is 24.3 Å². The maximum Gasteiger partial charge on any atom is 0.293 e. The van der Waals surface area contributed by atoms with E-state index in [9.17, 15) is 14.4 Å². The van der Waals surface area contributed by atoms with Gasteiger partial charge < -0.3 is 5.32 Å². The first-order chi connectivity index (χ1) is 11.0. The van der Waals surface area contributed by atoms with Gasteiger partial charge in [-0.05, 0) is 48.4 Å². The number of imide groups is 1. The Hall–Kier alpha value is -1.60. The van der Waals surface area contributed by atoms with Gasteiger partial charge in [0.1, 0.15) is 0 Å². The average molecular weight is 395 g/mol. The van der Waals surface area contributed by atoms with Crippen LogP contribution in [0.1, 0.15) is 18.4 Å². The molecule has 120 valence electrons. The van der Waals surface area contributed by atoms with Gasteiger partial charge >= 0.3 is 0 Å². The van der Waals surface area contributed by atoms with Gasteiger partial charge in [0.25, 0.3) is 11.1 Å². The molecule has 1 heterocycles. The lowest BCUT2D eigenvalue weighted by molar-refractivity contribution is -0.124. The Morgan fingerprint density at radius 1 is 1.39 bits per heavy atom. The molecule has 1 saturated carbocycles. The average Bonchev–Trinajstić information content (AvgIpc) is 3.31. The highest BCUT2D eigenvalue weighted by Gasteiger charge is 2.35. The third-order valence-corrected chi connectivity index (χ3v) is 5.00. The van der Waals surface area contributed by atoms with Crippen molar-refractivity contribution >= 4 is 50.8 Å². The Morgan fingerprint density at radius 2 is 2.17 bits per heavy atom. The lowest BCUT2D eigenvalue weighted by atomic mass is 10.2. The summed E-state index contributed by atoms with van der Waals surface area (Å²) in [6.45, 7) is 0.510. The molecule has 23 heavy (non-hydrogen) atoms. The second kappa shape index (κ2) is 6.88. The molecule has 0 aromatic heterocycles. The van der Waals surface area contributed by atoms with Crippen molar-refractivity contribution in [1.29, 1.82) is 0 Å². The molecule has 7 heteroatoms. The number of hydrogen-bond donors (Lipinski definition) is 1. The van der Waals surface area contributed by atoms with Gasteiger partial charge in [-0.1, -0.05) is 28.1 Å². The van der Waals surface area contributed by atoms with Crippen LogP contribution in [0.2, 0.25) is 0 Å². The molecule has 3 rings (SSSR count). The normalized spacial score (nSPS) is 19.5. The van der Waals surface area contributed by atoms with Gasteiger partial charge in [-0.25, -0.2) is 0 Å². The first-order valence-corrected chi connectivity index (χ1v) is 8.94. The minimum atomic E-state index is -0.305. The lowest BCUT2D eigenvalue weighted by Gasteiger charge is -2.12. The van der Waals surface area contributed by atoms with E-state index in [0.29, 0.717) is 11.4 Å². The highest BCUT2D eigenvalue weighted by molar-refractivity contribution is 9.10. The quantitative estimate of drug-likeness (QED) is 0.779. The molecule has 1 aromatic rings. The maximum absolute atomic E-state index is 12.3. The molecule has 1 saturated heterocycles. The van der Waals surface area contributed by atoms with Gasteiger partial charge in [0.2, 0.25) is 5.91 Å². The molecule has 2 fully saturated rings. The number of carbonyl (C=O) groups is 3. The zero-order chi connectivity index (χ0) is 16.4. The summed E-state index contributed by atoms with van der Waals surface area (Å²) in [5, 5.41) is 2.47. The second-order valence-corrected chi connectivity index (χ2v) is 7.36. The highest BCUT2D eigenvalue weighted by Crippen LogP contribution is 2.32. The van der Waals surface area contributed by atoms with E-state index >= 15 is 0 Å². The Bertz CT molecular complexity index is 700. The molecule has 5 nitrogen and oxygen atoms in total. The van der Waals surface area contributed by atoms with Gasteiger partial charge in [0.15, 0.2) is 0 Å². The smallest absolute Gasteiger partial charge is 0.293 e. The fraction of sp³-hybridized carbons (Fsp3) is 0.312. The van der Waals surface area contributed by atoms with Crippen molar-refractivity contribution < 1.29 is 14.4 Å². The summed E-state index contributed by atoms with van der Waals surface area (Å²) in [7, 11) is 0. The number of thioether (sulfide) groups is 1. The highest BCUT2D eigenvalue weighted by atomic mass is 79.9. The molecule has 0 unspecified atom stereocenters. The van der Waals surface area contributed by atoms with E-state index in [1.165, 1.54) is 4.90 Å². The van der Waals surface area contributed by atoms with Crippen LogP contribution in [0.25, 0.3) is 6.08 Å². The van der Waals surface area contributed by atoms with Crippen molar-refractivity contribution in [3.05, 3.63) is 39.2 Å². The second-order valence-electron chi connectivity index (χ2n) is 5.45. The largest absolute Gasteiger partial charge is 0.354 e. The van der Waals surface area contributed by atoms with Gasteiger partial charge in [-0.3, -0.25) is 19.3 Å².